The molecule has 0 saturated heterocycles. The average molecular weight is 301 g/mol. The van der Waals surface area contributed by atoms with Crippen molar-refractivity contribution in [3.05, 3.63) is 44.6 Å². The molecular weight excluding hydrogens is 290 g/mol. The van der Waals surface area contributed by atoms with Crippen molar-refractivity contribution in [3.63, 3.8) is 0 Å². The van der Waals surface area contributed by atoms with E-state index in [1.807, 2.05) is 13.8 Å². The molecule has 1 aromatic heterocycles. The maximum atomic E-state index is 13.2. The highest BCUT2D eigenvalue weighted by atomic mass is 35.5. The Morgan fingerprint density at radius 1 is 1.35 bits per heavy atom. The Morgan fingerprint density at radius 2 is 1.95 bits per heavy atom. The Hall–Kier alpha value is -1.82. The van der Waals surface area contributed by atoms with Gasteiger partial charge in [-0.1, -0.05) is 25.4 Å². The summed E-state index contributed by atoms with van der Waals surface area (Å²) in [6.45, 7) is 3.74. The van der Waals surface area contributed by atoms with Crippen LogP contribution in [-0.4, -0.2) is 9.91 Å². The molecule has 0 unspecified atom stereocenters. The molecule has 0 fully saturated rings. The summed E-state index contributed by atoms with van der Waals surface area (Å²) in [7, 11) is 0. The van der Waals surface area contributed by atoms with E-state index in [0.29, 0.717) is 6.42 Å². The first-order valence-electron chi connectivity index (χ1n) is 5.92. The predicted molar refractivity (Wildman–Crippen MR) is 71.9 cm³/mol. The fourth-order valence-corrected chi connectivity index (χ4v) is 2.30. The van der Waals surface area contributed by atoms with Gasteiger partial charge in [-0.05, 0) is 18.4 Å². The zero-order chi connectivity index (χ0) is 15.0. The van der Waals surface area contributed by atoms with Crippen LogP contribution in [0.1, 0.15) is 19.5 Å². The average Bonchev–Trinajstić information content (AvgIpc) is 2.31. The van der Waals surface area contributed by atoms with Crippen molar-refractivity contribution in [3.8, 4) is 0 Å². The number of hydrogen-bond donors (Lipinski definition) is 0. The van der Waals surface area contributed by atoms with Crippen molar-refractivity contribution >= 4 is 28.2 Å². The van der Waals surface area contributed by atoms with Crippen molar-refractivity contribution in [2.24, 2.45) is 5.92 Å². The van der Waals surface area contributed by atoms with Gasteiger partial charge in [0.05, 0.1) is 10.4 Å². The van der Waals surface area contributed by atoms with Gasteiger partial charge in [0, 0.05) is 11.5 Å². The molecule has 1 heterocycles. The number of aromatic nitrogens is 1. The number of rotatable bonds is 3. The Morgan fingerprint density at radius 3 is 2.50 bits per heavy atom. The van der Waals surface area contributed by atoms with Gasteiger partial charge in [-0.25, -0.2) is 13.8 Å². The first-order chi connectivity index (χ1) is 9.31. The normalized spacial score (nSPS) is 11.3. The predicted octanol–water partition coefficient (Wildman–Crippen LogP) is 4.27. The third-order valence-electron chi connectivity index (χ3n) is 2.80. The minimum Gasteiger partial charge on any atom is -0.258 e. The van der Waals surface area contributed by atoms with Crippen LogP contribution in [0.5, 0.6) is 0 Å². The molecule has 0 radical (unpaired) electrons. The summed E-state index contributed by atoms with van der Waals surface area (Å²) in [5.41, 5.74) is -0.0671. The third kappa shape index (κ3) is 2.56. The molecule has 0 amide bonds. The van der Waals surface area contributed by atoms with Gasteiger partial charge in [-0.15, -0.1) is 0 Å². The van der Waals surface area contributed by atoms with Crippen LogP contribution in [0.4, 0.5) is 14.5 Å². The monoisotopic (exact) mass is 300 g/mol. The molecular formula is C13H11ClF2N2O2. The van der Waals surface area contributed by atoms with Gasteiger partial charge in [0.1, 0.15) is 10.7 Å². The van der Waals surface area contributed by atoms with Crippen molar-refractivity contribution in [1.82, 2.24) is 4.98 Å². The summed E-state index contributed by atoms with van der Waals surface area (Å²) < 4.78 is 26.5. The van der Waals surface area contributed by atoms with Gasteiger partial charge < -0.3 is 0 Å². The van der Waals surface area contributed by atoms with Crippen molar-refractivity contribution in [2.45, 2.75) is 20.3 Å². The van der Waals surface area contributed by atoms with Gasteiger partial charge in [-0.2, -0.15) is 0 Å². The lowest BCUT2D eigenvalue weighted by molar-refractivity contribution is -0.385. The van der Waals surface area contributed by atoms with E-state index in [1.165, 1.54) is 0 Å². The van der Waals surface area contributed by atoms with Crippen LogP contribution in [0.2, 0.25) is 5.02 Å². The van der Waals surface area contributed by atoms with Crippen molar-refractivity contribution < 1.29 is 13.7 Å². The van der Waals surface area contributed by atoms with Crippen LogP contribution >= 0.6 is 11.6 Å². The maximum Gasteiger partial charge on any atom is 0.309 e. The molecule has 1 aromatic carbocycles. The first kappa shape index (κ1) is 14.6. The molecule has 0 atom stereocenters. The minimum atomic E-state index is -1.12. The lowest BCUT2D eigenvalue weighted by Crippen LogP contribution is -2.05. The molecule has 20 heavy (non-hydrogen) atoms. The number of halogens is 3. The summed E-state index contributed by atoms with van der Waals surface area (Å²) in [5.74, 6) is -2.07. The van der Waals surface area contributed by atoms with Crippen LogP contribution in [0, 0.1) is 27.7 Å². The molecule has 106 valence electrons. The van der Waals surface area contributed by atoms with Gasteiger partial charge in [0.2, 0.25) is 0 Å². The zero-order valence-corrected chi connectivity index (χ0v) is 11.5. The standard InChI is InChI=1S/C13H11ClF2N2O2/c1-6(2)3-11-13(18(19)20)12(14)7-4-8(15)9(16)5-10(7)17-11/h4-6H,3H2,1-2H3. The number of fused-ring (bicyclic) bond motifs is 1. The van der Waals surface area contributed by atoms with E-state index >= 15 is 0 Å². The van der Waals surface area contributed by atoms with Crippen molar-refractivity contribution in [1.29, 1.82) is 0 Å². The quantitative estimate of drug-likeness (QED) is 0.628. The van der Waals surface area contributed by atoms with Crippen molar-refractivity contribution in [2.75, 3.05) is 0 Å². The molecule has 4 nitrogen and oxygen atoms in total. The second-order valence-electron chi connectivity index (χ2n) is 4.86. The van der Waals surface area contributed by atoms with E-state index in [9.17, 15) is 18.9 Å². The molecule has 2 rings (SSSR count). The van der Waals surface area contributed by atoms with E-state index in [-0.39, 0.29) is 33.2 Å². The summed E-state index contributed by atoms with van der Waals surface area (Å²) in [6, 6.07) is 1.72. The van der Waals surface area contributed by atoms with Crippen LogP contribution < -0.4 is 0 Å². The Labute approximate surface area is 118 Å². The lowest BCUT2D eigenvalue weighted by atomic mass is 10.0. The Balaban J connectivity index is 2.81. The van der Waals surface area contributed by atoms with E-state index in [4.69, 9.17) is 11.6 Å². The molecule has 0 saturated carbocycles. The summed E-state index contributed by atoms with van der Waals surface area (Å²) in [4.78, 5) is 14.6. The number of nitro groups is 1. The topological polar surface area (TPSA) is 56.0 Å². The largest absolute Gasteiger partial charge is 0.309 e. The summed E-state index contributed by atoms with van der Waals surface area (Å²) in [6.07, 6.45) is 0.324. The second-order valence-corrected chi connectivity index (χ2v) is 5.24. The SMILES string of the molecule is CC(C)Cc1nc2cc(F)c(F)cc2c(Cl)c1[N+](=O)[O-]. The van der Waals surface area contributed by atoms with Crippen LogP contribution in [0.3, 0.4) is 0 Å². The van der Waals surface area contributed by atoms with E-state index in [1.54, 1.807) is 0 Å². The number of pyridine rings is 1. The number of benzene rings is 1. The first-order valence-corrected chi connectivity index (χ1v) is 6.30. The van der Waals surface area contributed by atoms with E-state index in [0.717, 1.165) is 12.1 Å². The number of nitrogens with zero attached hydrogens (tertiary/aromatic N) is 2. The molecule has 0 spiro atoms. The molecule has 2 aromatic rings. The van der Waals surface area contributed by atoms with Crippen LogP contribution in [-0.2, 0) is 6.42 Å². The number of hydrogen-bond acceptors (Lipinski definition) is 3. The second kappa shape index (κ2) is 5.28. The Kier molecular flexibility index (Phi) is 3.85. The molecule has 0 aliphatic carbocycles. The van der Waals surface area contributed by atoms with Gasteiger partial charge in [-0.3, -0.25) is 10.1 Å². The summed E-state index contributed by atoms with van der Waals surface area (Å²) in [5, 5.41) is 11.0. The molecule has 0 aliphatic rings. The molecule has 0 aliphatic heterocycles. The maximum absolute atomic E-state index is 13.2. The third-order valence-corrected chi connectivity index (χ3v) is 3.18. The molecule has 0 N–H and O–H groups in total. The highest BCUT2D eigenvalue weighted by Gasteiger charge is 2.25. The van der Waals surface area contributed by atoms with Crippen LogP contribution in [0.25, 0.3) is 10.9 Å². The summed E-state index contributed by atoms with van der Waals surface area (Å²) >= 11 is 5.98. The smallest absolute Gasteiger partial charge is 0.258 e. The van der Waals surface area contributed by atoms with E-state index < -0.39 is 16.6 Å². The highest BCUT2D eigenvalue weighted by Crippen LogP contribution is 2.35. The lowest BCUT2D eigenvalue weighted by Gasteiger charge is -2.09. The van der Waals surface area contributed by atoms with Gasteiger partial charge in [0.25, 0.3) is 0 Å². The highest BCUT2D eigenvalue weighted by molar-refractivity contribution is 6.37. The van der Waals surface area contributed by atoms with Gasteiger partial charge >= 0.3 is 5.69 Å². The van der Waals surface area contributed by atoms with Crippen LogP contribution in [0.15, 0.2) is 12.1 Å². The minimum absolute atomic E-state index is 0.0322. The zero-order valence-electron chi connectivity index (χ0n) is 10.8. The van der Waals surface area contributed by atoms with Gasteiger partial charge in [0.15, 0.2) is 11.6 Å². The van der Waals surface area contributed by atoms with E-state index in [2.05, 4.69) is 4.98 Å². The fraction of sp³-hybridized carbons (Fsp3) is 0.308. The Bertz CT molecular complexity index is 705. The molecule has 7 heteroatoms. The molecule has 0 bridgehead atoms. The fourth-order valence-electron chi connectivity index (χ4n) is 1.97.